The molecule has 0 atom stereocenters. The number of esters is 1. The number of carbonyl (C=O) groups is 2. The molecule has 0 spiro atoms. The van der Waals surface area contributed by atoms with Crippen LogP contribution in [0.15, 0.2) is 0 Å². The summed E-state index contributed by atoms with van der Waals surface area (Å²) in [5, 5.41) is 2.20. The summed E-state index contributed by atoms with van der Waals surface area (Å²) in [6.45, 7) is 4.71. The molecular formula is C12H18F3NO7S. The van der Waals surface area contributed by atoms with Crippen LogP contribution in [-0.2, 0) is 28.6 Å². The van der Waals surface area contributed by atoms with E-state index in [0.717, 1.165) is 7.11 Å². The van der Waals surface area contributed by atoms with Gasteiger partial charge in [-0.3, -0.25) is 4.18 Å². The number of carbonyl (C=O) groups excluding carboxylic acids is 2. The fourth-order valence-electron chi connectivity index (χ4n) is 2.03. The number of hydrogen-bond acceptors (Lipinski definition) is 7. The van der Waals surface area contributed by atoms with Crippen molar-refractivity contribution in [2.75, 3.05) is 7.11 Å². The largest absolute Gasteiger partial charge is 0.523 e. The molecule has 0 heterocycles. The van der Waals surface area contributed by atoms with Gasteiger partial charge in [0.2, 0.25) is 0 Å². The lowest BCUT2D eigenvalue weighted by atomic mass is 9.74. The zero-order valence-corrected chi connectivity index (χ0v) is 14.2. The van der Waals surface area contributed by atoms with Crippen LogP contribution in [0.5, 0.6) is 0 Å². The van der Waals surface area contributed by atoms with Crippen molar-refractivity contribution in [3.05, 3.63) is 0 Å². The number of halogens is 3. The molecule has 1 aliphatic carbocycles. The van der Waals surface area contributed by atoms with Crippen LogP contribution in [0.25, 0.3) is 0 Å². The fourth-order valence-corrected chi connectivity index (χ4v) is 2.64. The van der Waals surface area contributed by atoms with Crippen LogP contribution in [-0.4, -0.2) is 50.3 Å². The molecule has 0 unspecified atom stereocenters. The van der Waals surface area contributed by atoms with E-state index in [9.17, 15) is 31.2 Å². The van der Waals surface area contributed by atoms with Gasteiger partial charge in [-0.1, -0.05) is 0 Å². The lowest BCUT2D eigenvalue weighted by Gasteiger charge is -2.44. The van der Waals surface area contributed by atoms with E-state index in [4.69, 9.17) is 4.74 Å². The van der Waals surface area contributed by atoms with E-state index >= 15 is 0 Å². The molecule has 1 fully saturated rings. The second-order valence-electron chi connectivity index (χ2n) is 6.23. The highest BCUT2D eigenvalue weighted by Crippen LogP contribution is 2.39. The van der Waals surface area contributed by atoms with E-state index in [1.165, 1.54) is 0 Å². The maximum absolute atomic E-state index is 12.3. The predicted molar refractivity (Wildman–Crippen MR) is 73.2 cm³/mol. The van der Waals surface area contributed by atoms with Crippen molar-refractivity contribution in [3.8, 4) is 0 Å². The summed E-state index contributed by atoms with van der Waals surface area (Å²) in [4.78, 5) is 23.6. The molecule has 8 nitrogen and oxygen atoms in total. The highest BCUT2D eigenvalue weighted by Gasteiger charge is 2.58. The highest BCUT2D eigenvalue weighted by atomic mass is 32.2. The van der Waals surface area contributed by atoms with Gasteiger partial charge in [0.05, 0.1) is 13.2 Å². The Hall–Kier alpha value is -1.56. The van der Waals surface area contributed by atoms with Crippen molar-refractivity contribution >= 4 is 22.2 Å². The summed E-state index contributed by atoms with van der Waals surface area (Å²) in [5.74, 6) is -0.947. The molecule has 12 heteroatoms. The average molecular weight is 377 g/mol. The Morgan fingerprint density at radius 3 is 2.04 bits per heavy atom. The molecule has 0 bridgehead atoms. The SMILES string of the molecule is COC(=O)C1(NC(=O)OC(C)(C)C)CC(OS(=O)(=O)C(F)(F)F)C1. The summed E-state index contributed by atoms with van der Waals surface area (Å²) in [6, 6.07) is 0. The number of ether oxygens (including phenoxy) is 2. The molecule has 0 aromatic rings. The number of alkyl halides is 3. The minimum atomic E-state index is -5.79. The molecule has 1 saturated carbocycles. The first-order valence-electron chi connectivity index (χ1n) is 6.71. The Balaban J connectivity index is 2.80. The van der Waals surface area contributed by atoms with Gasteiger partial charge in [0.1, 0.15) is 11.1 Å². The van der Waals surface area contributed by atoms with Gasteiger partial charge in [-0.05, 0) is 20.8 Å². The van der Waals surface area contributed by atoms with Crippen LogP contribution in [0.4, 0.5) is 18.0 Å². The average Bonchev–Trinajstić information content (AvgIpc) is 2.30. The van der Waals surface area contributed by atoms with Crippen LogP contribution in [0.3, 0.4) is 0 Å². The predicted octanol–water partition coefficient (Wildman–Crippen LogP) is 1.45. The minimum absolute atomic E-state index is 0.506. The van der Waals surface area contributed by atoms with E-state index < -0.39 is 57.8 Å². The van der Waals surface area contributed by atoms with Crippen LogP contribution < -0.4 is 5.32 Å². The monoisotopic (exact) mass is 377 g/mol. The third-order valence-electron chi connectivity index (χ3n) is 3.01. The van der Waals surface area contributed by atoms with Crippen LogP contribution in [0.1, 0.15) is 33.6 Å². The summed E-state index contributed by atoms with van der Waals surface area (Å²) in [6.07, 6.45) is -3.43. The summed E-state index contributed by atoms with van der Waals surface area (Å²) < 4.78 is 72.2. The van der Waals surface area contributed by atoms with Crippen molar-refractivity contribution in [2.45, 2.75) is 56.4 Å². The lowest BCUT2D eigenvalue weighted by molar-refractivity contribution is -0.157. The maximum Gasteiger partial charge on any atom is 0.523 e. The van der Waals surface area contributed by atoms with Crippen LogP contribution in [0.2, 0.25) is 0 Å². The molecule has 1 N–H and O–H groups in total. The van der Waals surface area contributed by atoms with Crippen molar-refractivity contribution < 1.29 is 44.8 Å². The molecule has 0 saturated heterocycles. The minimum Gasteiger partial charge on any atom is -0.467 e. The van der Waals surface area contributed by atoms with Gasteiger partial charge in [-0.25, -0.2) is 9.59 Å². The Morgan fingerprint density at radius 1 is 1.17 bits per heavy atom. The molecule has 1 aliphatic rings. The smallest absolute Gasteiger partial charge is 0.467 e. The standard InChI is InChI=1S/C12H18F3NO7S/c1-10(2,3)22-9(18)16-11(8(17)21-4)5-7(6-11)23-24(19,20)12(13,14)15/h7H,5-6H2,1-4H3,(H,16,18). The number of methoxy groups -OCH3 is 1. The molecule has 1 amide bonds. The molecule has 0 aromatic carbocycles. The molecular weight excluding hydrogens is 359 g/mol. The van der Waals surface area contributed by atoms with Crippen molar-refractivity contribution in [1.29, 1.82) is 0 Å². The van der Waals surface area contributed by atoms with Gasteiger partial charge >= 0.3 is 27.7 Å². The molecule has 1 rings (SSSR count). The first kappa shape index (κ1) is 20.5. The van der Waals surface area contributed by atoms with Gasteiger partial charge in [0.15, 0.2) is 0 Å². The van der Waals surface area contributed by atoms with Crippen molar-refractivity contribution in [3.63, 3.8) is 0 Å². The second-order valence-corrected chi connectivity index (χ2v) is 7.79. The number of amides is 1. The Kier molecular flexibility index (Phi) is 5.45. The fraction of sp³-hybridized carbons (Fsp3) is 0.833. The number of nitrogens with one attached hydrogen (secondary N) is 1. The number of hydrogen-bond donors (Lipinski definition) is 1. The van der Waals surface area contributed by atoms with Gasteiger partial charge < -0.3 is 14.8 Å². The maximum atomic E-state index is 12.3. The van der Waals surface area contributed by atoms with Gasteiger partial charge in [-0.2, -0.15) is 21.6 Å². The molecule has 0 aliphatic heterocycles. The van der Waals surface area contributed by atoms with Gasteiger partial charge in [0.25, 0.3) is 0 Å². The highest BCUT2D eigenvalue weighted by molar-refractivity contribution is 7.87. The Labute approximate surface area is 136 Å². The third-order valence-corrected chi connectivity index (χ3v) is 4.11. The van der Waals surface area contributed by atoms with Crippen molar-refractivity contribution in [2.24, 2.45) is 0 Å². The zero-order valence-electron chi connectivity index (χ0n) is 13.4. The van der Waals surface area contributed by atoms with Gasteiger partial charge in [0, 0.05) is 12.8 Å². The molecule has 0 aromatic heterocycles. The first-order valence-corrected chi connectivity index (χ1v) is 8.12. The number of rotatable bonds is 4. The third kappa shape index (κ3) is 4.72. The number of alkyl carbamates (subject to hydrolysis) is 1. The molecule has 140 valence electrons. The topological polar surface area (TPSA) is 108 Å². The molecule has 24 heavy (non-hydrogen) atoms. The lowest BCUT2D eigenvalue weighted by Crippen LogP contribution is -2.66. The normalized spacial score (nSPS) is 24.7. The van der Waals surface area contributed by atoms with E-state index in [0.29, 0.717) is 0 Å². The quantitative estimate of drug-likeness (QED) is 0.449. The summed E-state index contributed by atoms with van der Waals surface area (Å²) >= 11 is 0. The second kappa shape index (κ2) is 6.39. The zero-order chi connectivity index (χ0) is 19.0. The first-order chi connectivity index (χ1) is 10.6. The van der Waals surface area contributed by atoms with Crippen LogP contribution >= 0.6 is 0 Å². The van der Waals surface area contributed by atoms with E-state index in [2.05, 4.69) is 14.2 Å². The Bertz CT molecular complexity index is 603. The van der Waals surface area contributed by atoms with E-state index in [-0.39, 0.29) is 0 Å². The van der Waals surface area contributed by atoms with Crippen LogP contribution in [0, 0.1) is 0 Å². The summed E-state index contributed by atoms with van der Waals surface area (Å²) in [7, 11) is -4.78. The summed E-state index contributed by atoms with van der Waals surface area (Å²) in [5.41, 5.74) is -8.15. The van der Waals surface area contributed by atoms with E-state index in [1.807, 2.05) is 0 Å². The molecule has 0 radical (unpaired) electrons. The van der Waals surface area contributed by atoms with Gasteiger partial charge in [-0.15, -0.1) is 0 Å². The van der Waals surface area contributed by atoms with Crippen molar-refractivity contribution in [1.82, 2.24) is 5.32 Å². The Morgan fingerprint density at radius 2 is 1.67 bits per heavy atom. The van der Waals surface area contributed by atoms with E-state index in [1.54, 1.807) is 20.8 Å².